The van der Waals surface area contributed by atoms with Gasteiger partial charge in [0.25, 0.3) is 0 Å². The molecule has 2 rings (SSSR count). The van der Waals surface area contributed by atoms with E-state index in [1.165, 1.54) is 4.90 Å². The summed E-state index contributed by atoms with van der Waals surface area (Å²) < 4.78 is 5.24. The molecule has 0 aromatic carbocycles. The van der Waals surface area contributed by atoms with E-state index >= 15 is 0 Å². The van der Waals surface area contributed by atoms with Crippen LogP contribution >= 0.6 is 0 Å². The number of aryl methyl sites for hydroxylation is 1. The van der Waals surface area contributed by atoms with Gasteiger partial charge in [0, 0.05) is 19.0 Å². The van der Waals surface area contributed by atoms with Gasteiger partial charge in [0.1, 0.15) is 11.8 Å². The van der Waals surface area contributed by atoms with Gasteiger partial charge in [0.15, 0.2) is 0 Å². The lowest BCUT2D eigenvalue weighted by atomic mass is 10.1. The second kappa shape index (κ2) is 6.45. The lowest BCUT2D eigenvalue weighted by molar-refractivity contribution is -0.141. The molecule has 1 aliphatic heterocycles. The first-order valence-electron chi connectivity index (χ1n) is 6.90. The Balaban J connectivity index is 1.79. The predicted molar refractivity (Wildman–Crippen MR) is 72.4 cm³/mol. The Kier molecular flexibility index (Phi) is 4.65. The molecule has 2 N–H and O–H groups in total. The lowest BCUT2D eigenvalue weighted by Crippen LogP contribution is -2.48. The molecule has 0 radical (unpaired) electrons. The number of carbonyl (C=O) groups excluding carboxylic acids is 1. The smallest absolute Gasteiger partial charge is 0.326 e. The van der Waals surface area contributed by atoms with Crippen LogP contribution in [-0.2, 0) is 11.2 Å². The van der Waals surface area contributed by atoms with Crippen LogP contribution in [0.1, 0.15) is 31.9 Å². The van der Waals surface area contributed by atoms with Gasteiger partial charge >= 0.3 is 12.0 Å². The Labute approximate surface area is 117 Å². The van der Waals surface area contributed by atoms with Gasteiger partial charge in [-0.25, -0.2) is 9.59 Å². The highest BCUT2D eigenvalue weighted by Crippen LogP contribution is 2.17. The number of urea groups is 1. The number of nitrogens with zero attached hydrogens (tertiary/aromatic N) is 1. The first-order valence-corrected chi connectivity index (χ1v) is 6.90. The first kappa shape index (κ1) is 14.4. The first-order chi connectivity index (χ1) is 9.58. The Morgan fingerprint density at radius 2 is 2.40 bits per heavy atom. The molecule has 0 bridgehead atoms. The van der Waals surface area contributed by atoms with Gasteiger partial charge in [0.05, 0.1) is 6.26 Å². The van der Waals surface area contributed by atoms with Crippen molar-refractivity contribution in [2.24, 2.45) is 0 Å². The fraction of sp³-hybridized carbons (Fsp3) is 0.571. The topological polar surface area (TPSA) is 82.8 Å². The maximum atomic E-state index is 12.1. The maximum absolute atomic E-state index is 12.1. The highest BCUT2D eigenvalue weighted by molar-refractivity contribution is 5.83. The minimum Gasteiger partial charge on any atom is -0.480 e. The quantitative estimate of drug-likeness (QED) is 0.862. The Bertz CT molecular complexity index is 458. The molecule has 0 spiro atoms. The van der Waals surface area contributed by atoms with Gasteiger partial charge < -0.3 is 19.7 Å². The van der Waals surface area contributed by atoms with Crippen LogP contribution < -0.4 is 5.32 Å². The summed E-state index contributed by atoms with van der Waals surface area (Å²) in [7, 11) is 0. The maximum Gasteiger partial charge on any atom is 0.326 e. The third-order valence-electron chi connectivity index (χ3n) is 3.57. The molecular formula is C14H20N2O4. The normalized spacial score (nSPS) is 19.9. The van der Waals surface area contributed by atoms with Gasteiger partial charge in [0.2, 0.25) is 0 Å². The van der Waals surface area contributed by atoms with E-state index in [1.807, 2.05) is 19.1 Å². The van der Waals surface area contributed by atoms with Crippen LogP contribution in [0.2, 0.25) is 0 Å². The van der Waals surface area contributed by atoms with Crippen molar-refractivity contribution in [3.05, 3.63) is 24.2 Å². The Hall–Kier alpha value is -1.98. The average Bonchev–Trinajstić information content (AvgIpc) is 3.07. The molecule has 1 aliphatic rings. The molecule has 6 heteroatoms. The summed E-state index contributed by atoms with van der Waals surface area (Å²) >= 11 is 0. The number of furan rings is 1. The van der Waals surface area contributed by atoms with Crippen molar-refractivity contribution in [2.75, 3.05) is 6.54 Å². The van der Waals surface area contributed by atoms with Crippen molar-refractivity contribution in [3.63, 3.8) is 0 Å². The van der Waals surface area contributed by atoms with Crippen molar-refractivity contribution < 1.29 is 19.1 Å². The van der Waals surface area contributed by atoms with Crippen LogP contribution in [0, 0.1) is 0 Å². The van der Waals surface area contributed by atoms with E-state index in [0.29, 0.717) is 13.0 Å². The number of aliphatic carboxylic acids is 1. The standard InChI is InChI=1S/C14H20N2O4/c1-10(6-7-11-4-3-9-20-11)15-14(19)16-8-2-5-12(16)13(17)18/h3-4,9-10,12H,2,5-8H2,1H3,(H,15,19)(H,17,18). The van der Waals surface area contributed by atoms with Gasteiger partial charge in [-0.1, -0.05) is 0 Å². The van der Waals surface area contributed by atoms with Crippen LogP contribution in [0.4, 0.5) is 4.79 Å². The van der Waals surface area contributed by atoms with Crippen LogP contribution in [0.25, 0.3) is 0 Å². The largest absolute Gasteiger partial charge is 0.480 e. The molecule has 1 aromatic heterocycles. The third kappa shape index (κ3) is 3.53. The summed E-state index contributed by atoms with van der Waals surface area (Å²) in [5.41, 5.74) is 0. The fourth-order valence-electron chi connectivity index (χ4n) is 2.45. The zero-order valence-corrected chi connectivity index (χ0v) is 11.5. The number of amides is 2. The lowest BCUT2D eigenvalue weighted by Gasteiger charge is -2.24. The second-order valence-electron chi connectivity index (χ2n) is 5.16. The fourth-order valence-corrected chi connectivity index (χ4v) is 2.45. The van der Waals surface area contributed by atoms with E-state index in [-0.39, 0.29) is 12.1 Å². The van der Waals surface area contributed by atoms with Gasteiger partial charge in [-0.15, -0.1) is 0 Å². The van der Waals surface area contributed by atoms with Crippen molar-refractivity contribution in [1.29, 1.82) is 0 Å². The highest BCUT2D eigenvalue weighted by atomic mass is 16.4. The number of nitrogens with one attached hydrogen (secondary N) is 1. The molecule has 6 nitrogen and oxygen atoms in total. The number of likely N-dealkylation sites (tertiary alicyclic amines) is 1. The zero-order valence-electron chi connectivity index (χ0n) is 11.5. The Morgan fingerprint density at radius 1 is 1.60 bits per heavy atom. The molecule has 2 atom stereocenters. The SMILES string of the molecule is CC(CCc1ccco1)NC(=O)N1CCCC1C(=O)O. The van der Waals surface area contributed by atoms with Crippen molar-refractivity contribution >= 4 is 12.0 Å². The van der Waals surface area contributed by atoms with Gasteiger partial charge in [-0.05, 0) is 38.3 Å². The van der Waals surface area contributed by atoms with E-state index in [0.717, 1.165) is 25.0 Å². The third-order valence-corrected chi connectivity index (χ3v) is 3.57. The Morgan fingerprint density at radius 3 is 3.05 bits per heavy atom. The van der Waals surface area contributed by atoms with E-state index in [1.54, 1.807) is 6.26 Å². The zero-order chi connectivity index (χ0) is 14.5. The predicted octanol–water partition coefficient (Wildman–Crippen LogP) is 1.86. The molecule has 1 aromatic rings. The molecule has 1 saturated heterocycles. The second-order valence-corrected chi connectivity index (χ2v) is 5.16. The molecule has 1 fully saturated rings. The molecule has 0 aliphatic carbocycles. The van der Waals surface area contributed by atoms with Crippen molar-refractivity contribution in [2.45, 2.75) is 44.7 Å². The average molecular weight is 280 g/mol. The number of rotatable bonds is 5. The minimum atomic E-state index is -0.930. The molecule has 0 saturated carbocycles. The summed E-state index contributed by atoms with van der Waals surface area (Å²) in [5, 5.41) is 11.9. The molecule has 2 amide bonds. The van der Waals surface area contributed by atoms with Crippen molar-refractivity contribution in [1.82, 2.24) is 10.2 Å². The number of hydrogen-bond donors (Lipinski definition) is 2. The van der Waals surface area contributed by atoms with Crippen molar-refractivity contribution in [3.8, 4) is 0 Å². The van der Waals surface area contributed by atoms with E-state index in [2.05, 4.69) is 5.32 Å². The molecule has 2 heterocycles. The van der Waals surface area contributed by atoms with Crippen LogP contribution in [0.3, 0.4) is 0 Å². The van der Waals surface area contributed by atoms with E-state index in [4.69, 9.17) is 9.52 Å². The number of hydrogen-bond acceptors (Lipinski definition) is 3. The highest BCUT2D eigenvalue weighted by Gasteiger charge is 2.34. The number of carboxylic acid groups (broad SMARTS) is 1. The van der Waals surface area contributed by atoms with E-state index < -0.39 is 12.0 Å². The van der Waals surface area contributed by atoms with Crippen LogP contribution in [0.5, 0.6) is 0 Å². The summed E-state index contributed by atoms with van der Waals surface area (Å²) in [6.45, 7) is 2.42. The molecular weight excluding hydrogens is 260 g/mol. The summed E-state index contributed by atoms with van der Waals surface area (Å²) in [5.74, 6) is -0.0448. The van der Waals surface area contributed by atoms with Gasteiger partial charge in [-0.3, -0.25) is 0 Å². The van der Waals surface area contributed by atoms with Crippen LogP contribution in [-0.4, -0.2) is 40.6 Å². The van der Waals surface area contributed by atoms with Crippen LogP contribution in [0.15, 0.2) is 22.8 Å². The molecule has 20 heavy (non-hydrogen) atoms. The van der Waals surface area contributed by atoms with E-state index in [9.17, 15) is 9.59 Å². The van der Waals surface area contributed by atoms with Gasteiger partial charge in [-0.2, -0.15) is 0 Å². The molecule has 110 valence electrons. The monoisotopic (exact) mass is 280 g/mol. The summed E-state index contributed by atoms with van der Waals surface area (Å²) in [6.07, 6.45) is 4.40. The number of carbonyl (C=O) groups is 2. The molecule has 2 unspecified atom stereocenters. The summed E-state index contributed by atoms with van der Waals surface area (Å²) in [6, 6.07) is 2.73. The number of carboxylic acids is 1. The minimum absolute atomic E-state index is 0.0253. The summed E-state index contributed by atoms with van der Waals surface area (Å²) in [4.78, 5) is 24.5.